The number of halogens is 3. The number of aromatic nitrogens is 1. The van der Waals surface area contributed by atoms with E-state index in [0.717, 1.165) is 53.1 Å². The number of hydrogen-bond acceptors (Lipinski definition) is 3. The average Bonchev–Trinajstić information content (AvgIpc) is 3.02. The minimum atomic E-state index is -4.38. The highest BCUT2D eigenvalue weighted by atomic mass is 28.4. The van der Waals surface area contributed by atoms with Crippen LogP contribution in [-0.2, 0) is 27.4 Å². The molecule has 0 saturated heterocycles. The van der Waals surface area contributed by atoms with Crippen LogP contribution in [0.2, 0.25) is 18.1 Å². The maximum atomic E-state index is 13.3. The van der Waals surface area contributed by atoms with Crippen molar-refractivity contribution in [2.24, 2.45) is 5.41 Å². The molecule has 0 amide bonds. The van der Waals surface area contributed by atoms with Crippen LogP contribution in [0.1, 0.15) is 126 Å². The Hall–Kier alpha value is -1.70. The van der Waals surface area contributed by atoms with Crippen molar-refractivity contribution in [2.75, 3.05) is 0 Å². The predicted molar refractivity (Wildman–Crippen MR) is 149 cm³/mol. The number of hydrogen-bond donors (Lipinski definition) is 0. The molecular formula is C31H44F3NO2Si. The van der Waals surface area contributed by atoms with Crippen LogP contribution in [0.25, 0.3) is 0 Å². The molecular weight excluding hydrogens is 503 g/mol. The van der Waals surface area contributed by atoms with Crippen molar-refractivity contribution in [1.82, 2.24) is 4.98 Å². The van der Waals surface area contributed by atoms with Crippen LogP contribution >= 0.6 is 0 Å². The molecule has 7 heteroatoms. The van der Waals surface area contributed by atoms with Gasteiger partial charge in [0.25, 0.3) is 0 Å². The van der Waals surface area contributed by atoms with Crippen molar-refractivity contribution in [1.29, 1.82) is 0 Å². The number of pyridine rings is 1. The molecule has 1 aliphatic heterocycles. The molecule has 38 heavy (non-hydrogen) atoms. The SMILES string of the molecule is CC(C)c1nc2c(c3c1[C@@H](c1ccc(C(F)(F)F)cc1)OC3(C)C)[C@@H](O[Si](C)(C)C(C)(C)C)CC(C)(C)C2. The quantitative estimate of drug-likeness (QED) is 0.357. The Morgan fingerprint density at radius 1 is 1.00 bits per heavy atom. The summed E-state index contributed by atoms with van der Waals surface area (Å²) in [5.74, 6) is 0.133. The zero-order valence-electron chi connectivity index (χ0n) is 24.9. The summed E-state index contributed by atoms with van der Waals surface area (Å²) >= 11 is 0. The maximum Gasteiger partial charge on any atom is 0.416 e. The van der Waals surface area contributed by atoms with Gasteiger partial charge in [-0.05, 0) is 79.4 Å². The molecule has 1 aromatic carbocycles. The third-order valence-corrected chi connectivity index (χ3v) is 13.2. The first-order chi connectivity index (χ1) is 17.1. The summed E-state index contributed by atoms with van der Waals surface area (Å²) in [7, 11) is -2.12. The summed E-state index contributed by atoms with van der Waals surface area (Å²) < 4.78 is 53.7. The van der Waals surface area contributed by atoms with Gasteiger partial charge in [0.2, 0.25) is 0 Å². The number of nitrogens with zero attached hydrogens (tertiary/aromatic N) is 1. The van der Waals surface area contributed by atoms with Crippen molar-refractivity contribution in [2.45, 2.75) is 123 Å². The lowest BCUT2D eigenvalue weighted by Crippen LogP contribution is -2.44. The van der Waals surface area contributed by atoms with E-state index in [-0.39, 0.29) is 22.5 Å². The molecule has 0 bridgehead atoms. The maximum absolute atomic E-state index is 13.3. The first kappa shape index (κ1) is 29.3. The van der Waals surface area contributed by atoms with Gasteiger partial charge in [-0.3, -0.25) is 4.98 Å². The highest BCUT2D eigenvalue weighted by Crippen LogP contribution is 2.56. The van der Waals surface area contributed by atoms with Crippen molar-refractivity contribution < 1.29 is 22.3 Å². The zero-order chi connectivity index (χ0) is 28.6. The Balaban J connectivity index is 1.95. The molecule has 2 aromatic rings. The molecule has 210 valence electrons. The summed E-state index contributed by atoms with van der Waals surface area (Å²) in [5.41, 5.74) is 4.77. The Kier molecular flexibility index (Phi) is 7.06. The minimum absolute atomic E-state index is 0.0337. The smallest absolute Gasteiger partial charge is 0.410 e. The van der Waals surface area contributed by atoms with Gasteiger partial charge in [-0.25, -0.2) is 0 Å². The van der Waals surface area contributed by atoms with Gasteiger partial charge < -0.3 is 9.16 Å². The first-order valence-corrected chi connectivity index (χ1v) is 16.7. The van der Waals surface area contributed by atoms with Crippen LogP contribution in [0.3, 0.4) is 0 Å². The van der Waals surface area contributed by atoms with E-state index in [2.05, 4.69) is 75.4 Å². The Labute approximate surface area is 227 Å². The van der Waals surface area contributed by atoms with E-state index in [0.29, 0.717) is 5.56 Å². The fraction of sp³-hybridized carbons (Fsp3) is 0.645. The van der Waals surface area contributed by atoms with Gasteiger partial charge in [0, 0.05) is 22.5 Å². The average molecular weight is 548 g/mol. The largest absolute Gasteiger partial charge is 0.416 e. The lowest BCUT2D eigenvalue weighted by molar-refractivity contribution is -0.137. The van der Waals surface area contributed by atoms with Crippen LogP contribution in [0.5, 0.6) is 0 Å². The summed E-state index contributed by atoms with van der Waals surface area (Å²) in [6.45, 7) is 24.3. The molecule has 4 rings (SSSR count). The molecule has 2 aliphatic rings. The van der Waals surface area contributed by atoms with Crippen LogP contribution in [-0.4, -0.2) is 13.3 Å². The van der Waals surface area contributed by atoms with E-state index in [1.165, 1.54) is 0 Å². The molecule has 0 radical (unpaired) electrons. The van der Waals surface area contributed by atoms with Crippen molar-refractivity contribution in [3.8, 4) is 0 Å². The summed E-state index contributed by atoms with van der Waals surface area (Å²) in [6.07, 6.45) is -3.22. The highest BCUT2D eigenvalue weighted by Gasteiger charge is 2.50. The lowest BCUT2D eigenvalue weighted by Gasteiger charge is -2.45. The summed E-state index contributed by atoms with van der Waals surface area (Å²) in [4.78, 5) is 5.30. The predicted octanol–water partition coefficient (Wildman–Crippen LogP) is 9.61. The van der Waals surface area contributed by atoms with E-state index in [9.17, 15) is 13.2 Å². The fourth-order valence-electron chi connectivity index (χ4n) is 5.78. The summed E-state index contributed by atoms with van der Waals surface area (Å²) in [6, 6.07) is 5.40. The molecule has 2 heterocycles. The second kappa shape index (κ2) is 9.17. The standard InChI is InChI=1S/C31H44F3NO2Si/c1-18(2)26-24-25(30(8,9)36-27(24)19-12-14-20(15-13-19)31(32,33)34)23-21(35-26)16-29(6,7)17-22(23)37-38(10,11)28(3,4)5/h12-15,18,22,27H,16-17H2,1-11H3/t22-,27+/m0/s1. The van der Waals surface area contributed by atoms with Crippen LogP contribution < -0.4 is 0 Å². The number of benzene rings is 1. The molecule has 3 nitrogen and oxygen atoms in total. The van der Waals surface area contributed by atoms with Gasteiger partial charge in [-0.2, -0.15) is 13.2 Å². The highest BCUT2D eigenvalue weighted by molar-refractivity contribution is 6.74. The van der Waals surface area contributed by atoms with E-state index in [1.54, 1.807) is 12.1 Å². The molecule has 0 unspecified atom stereocenters. The molecule has 0 N–H and O–H groups in total. The van der Waals surface area contributed by atoms with Gasteiger partial charge in [0.15, 0.2) is 8.32 Å². The van der Waals surface area contributed by atoms with E-state index in [4.69, 9.17) is 14.1 Å². The number of rotatable bonds is 4. The third kappa shape index (κ3) is 5.23. The van der Waals surface area contributed by atoms with Gasteiger partial charge in [-0.15, -0.1) is 0 Å². The zero-order valence-corrected chi connectivity index (χ0v) is 25.9. The summed E-state index contributed by atoms with van der Waals surface area (Å²) in [5, 5.41) is 0.0536. The Morgan fingerprint density at radius 2 is 1.58 bits per heavy atom. The van der Waals surface area contributed by atoms with Crippen molar-refractivity contribution in [3.05, 3.63) is 63.5 Å². The van der Waals surface area contributed by atoms with Gasteiger partial charge >= 0.3 is 6.18 Å². The van der Waals surface area contributed by atoms with Gasteiger partial charge in [0.1, 0.15) is 6.10 Å². The van der Waals surface area contributed by atoms with Gasteiger partial charge in [0.05, 0.1) is 17.3 Å². The molecule has 0 saturated carbocycles. The molecule has 1 aliphatic carbocycles. The first-order valence-electron chi connectivity index (χ1n) is 13.7. The third-order valence-electron chi connectivity index (χ3n) is 8.69. The molecule has 0 fully saturated rings. The van der Waals surface area contributed by atoms with Gasteiger partial charge in [-0.1, -0.05) is 60.6 Å². The van der Waals surface area contributed by atoms with Crippen LogP contribution in [0.4, 0.5) is 13.2 Å². The fourth-order valence-corrected chi connectivity index (χ4v) is 7.04. The number of alkyl halides is 3. The second-order valence-corrected chi connectivity index (χ2v) is 19.1. The van der Waals surface area contributed by atoms with E-state index in [1.807, 2.05) is 0 Å². The van der Waals surface area contributed by atoms with Crippen LogP contribution in [0.15, 0.2) is 24.3 Å². The molecule has 1 aromatic heterocycles. The van der Waals surface area contributed by atoms with Crippen LogP contribution in [0, 0.1) is 5.41 Å². The lowest BCUT2D eigenvalue weighted by atomic mass is 9.71. The normalized spacial score (nSPS) is 22.9. The topological polar surface area (TPSA) is 31.4 Å². The molecule has 0 spiro atoms. The Morgan fingerprint density at radius 3 is 2.08 bits per heavy atom. The number of ether oxygens (including phenoxy) is 1. The van der Waals surface area contributed by atoms with E-state index < -0.39 is 31.8 Å². The Bertz CT molecular complexity index is 1210. The minimum Gasteiger partial charge on any atom is -0.410 e. The second-order valence-electron chi connectivity index (χ2n) is 14.3. The van der Waals surface area contributed by atoms with Crippen molar-refractivity contribution >= 4 is 8.32 Å². The van der Waals surface area contributed by atoms with Crippen molar-refractivity contribution in [3.63, 3.8) is 0 Å². The van der Waals surface area contributed by atoms with E-state index >= 15 is 0 Å². The molecule has 2 atom stereocenters. The monoisotopic (exact) mass is 547 g/mol. The number of fused-ring (bicyclic) bond motifs is 3.